The molecule has 128 valence electrons. The molecule has 1 amide bonds. The lowest BCUT2D eigenvalue weighted by molar-refractivity contribution is -0.00896. The summed E-state index contributed by atoms with van der Waals surface area (Å²) in [6.07, 6.45) is 1.53. The van der Waals surface area contributed by atoms with E-state index in [0.717, 1.165) is 16.9 Å². The maximum atomic E-state index is 12.4. The molecular weight excluding hydrogens is 336 g/mol. The third-order valence-corrected chi connectivity index (χ3v) is 5.61. The number of amides is 1. The molecule has 1 aromatic carbocycles. The first-order valence-electron chi connectivity index (χ1n) is 8.04. The molecule has 2 aromatic rings. The van der Waals surface area contributed by atoms with Crippen molar-refractivity contribution in [2.75, 3.05) is 11.1 Å². The van der Waals surface area contributed by atoms with Crippen LogP contribution in [0.1, 0.15) is 28.5 Å². The van der Waals surface area contributed by atoms with Gasteiger partial charge in [0, 0.05) is 17.6 Å². The van der Waals surface area contributed by atoms with E-state index in [0.29, 0.717) is 23.2 Å². The topological polar surface area (TPSA) is 89.6 Å². The van der Waals surface area contributed by atoms with Crippen molar-refractivity contribution in [3.8, 4) is 0 Å². The third-order valence-electron chi connectivity index (χ3n) is 4.64. The summed E-state index contributed by atoms with van der Waals surface area (Å²) in [6.45, 7) is 2.55. The van der Waals surface area contributed by atoms with E-state index in [2.05, 4.69) is 15.3 Å². The number of nitrogens with zero attached hydrogens (tertiary/aromatic N) is 2. The monoisotopic (exact) mass is 354 g/mol. The lowest BCUT2D eigenvalue weighted by Gasteiger charge is -2.38. The first kappa shape index (κ1) is 16.1. The summed E-state index contributed by atoms with van der Waals surface area (Å²) in [5.41, 5.74) is 8.68. The molecule has 1 aromatic heterocycles. The Morgan fingerprint density at radius 1 is 1.40 bits per heavy atom. The number of aliphatic imine (C=N–C) groups is 1. The van der Waals surface area contributed by atoms with Crippen molar-refractivity contribution in [1.29, 1.82) is 0 Å². The Morgan fingerprint density at radius 3 is 3.00 bits per heavy atom. The summed E-state index contributed by atoms with van der Waals surface area (Å²) >= 11 is 1.54. The van der Waals surface area contributed by atoms with Gasteiger partial charge in [0.25, 0.3) is 5.91 Å². The van der Waals surface area contributed by atoms with Gasteiger partial charge in [0.05, 0.1) is 12.7 Å². The van der Waals surface area contributed by atoms with E-state index in [1.807, 2.05) is 25.1 Å². The standard InChI is InChI=1S/C18H18N4O2S/c1-11-18(10-25-17(19)22-18)14-8-13(6-5-12(14)9-24-11)21-16(23)15-4-2-3-7-20-15/h2-8,11H,9-10H2,1H3,(H2,19,22)(H,21,23). The van der Waals surface area contributed by atoms with E-state index in [1.165, 1.54) is 11.8 Å². The van der Waals surface area contributed by atoms with Gasteiger partial charge in [0.15, 0.2) is 5.17 Å². The maximum Gasteiger partial charge on any atom is 0.274 e. The summed E-state index contributed by atoms with van der Waals surface area (Å²) in [5, 5.41) is 3.49. The molecule has 3 N–H and O–H groups in total. The van der Waals surface area contributed by atoms with Crippen molar-refractivity contribution in [2.45, 2.75) is 25.2 Å². The van der Waals surface area contributed by atoms with Gasteiger partial charge in [-0.2, -0.15) is 0 Å². The molecular formula is C18H18N4O2S. The average molecular weight is 354 g/mol. The Kier molecular flexibility index (Phi) is 3.97. The molecule has 0 aliphatic carbocycles. The Balaban J connectivity index is 1.68. The summed E-state index contributed by atoms with van der Waals surface area (Å²) in [5.74, 6) is 0.503. The fraction of sp³-hybridized carbons (Fsp3) is 0.278. The highest BCUT2D eigenvalue weighted by molar-refractivity contribution is 8.14. The molecule has 2 aliphatic rings. The predicted molar refractivity (Wildman–Crippen MR) is 98.6 cm³/mol. The number of benzene rings is 1. The molecule has 2 atom stereocenters. The van der Waals surface area contributed by atoms with Gasteiger partial charge < -0.3 is 15.8 Å². The Hall–Kier alpha value is -2.38. The van der Waals surface area contributed by atoms with Gasteiger partial charge in [0.2, 0.25) is 0 Å². The number of rotatable bonds is 2. The van der Waals surface area contributed by atoms with E-state index in [-0.39, 0.29) is 12.0 Å². The number of aromatic nitrogens is 1. The summed E-state index contributed by atoms with van der Waals surface area (Å²) in [7, 11) is 0. The van der Waals surface area contributed by atoms with E-state index < -0.39 is 5.54 Å². The minimum absolute atomic E-state index is 0.0738. The zero-order valence-electron chi connectivity index (χ0n) is 13.7. The van der Waals surface area contributed by atoms with Gasteiger partial charge in [0.1, 0.15) is 11.2 Å². The van der Waals surface area contributed by atoms with Crippen molar-refractivity contribution in [1.82, 2.24) is 4.98 Å². The van der Waals surface area contributed by atoms with Crippen LogP contribution in [-0.2, 0) is 16.9 Å². The van der Waals surface area contributed by atoms with E-state index in [1.54, 1.807) is 24.4 Å². The Labute approximate surface area is 149 Å². The minimum atomic E-state index is -0.492. The molecule has 0 fully saturated rings. The van der Waals surface area contributed by atoms with Crippen LogP contribution in [0.3, 0.4) is 0 Å². The SMILES string of the molecule is CC1OCc2ccc(NC(=O)c3ccccn3)cc2C12CSC(N)=N2. The number of nitrogens with one attached hydrogen (secondary N) is 1. The number of hydrogen-bond donors (Lipinski definition) is 2. The van der Waals surface area contributed by atoms with Crippen LogP contribution in [0.2, 0.25) is 0 Å². The highest BCUT2D eigenvalue weighted by Gasteiger charge is 2.46. The molecule has 0 radical (unpaired) electrons. The first-order chi connectivity index (χ1) is 12.1. The highest BCUT2D eigenvalue weighted by Crippen LogP contribution is 2.45. The number of anilines is 1. The second kappa shape index (κ2) is 6.16. The number of pyridine rings is 1. The van der Waals surface area contributed by atoms with E-state index >= 15 is 0 Å². The number of hydrogen-bond acceptors (Lipinski definition) is 6. The lowest BCUT2D eigenvalue weighted by atomic mass is 9.82. The second-order valence-corrected chi connectivity index (χ2v) is 7.15. The van der Waals surface area contributed by atoms with Crippen molar-refractivity contribution >= 4 is 28.5 Å². The van der Waals surface area contributed by atoms with Gasteiger partial charge in [-0.05, 0) is 42.3 Å². The number of amidine groups is 1. The highest BCUT2D eigenvalue weighted by atomic mass is 32.2. The van der Waals surface area contributed by atoms with Crippen LogP contribution in [-0.4, -0.2) is 27.9 Å². The van der Waals surface area contributed by atoms with Crippen LogP contribution >= 0.6 is 11.8 Å². The van der Waals surface area contributed by atoms with Crippen molar-refractivity contribution in [3.05, 3.63) is 59.4 Å². The number of carbonyl (C=O) groups excluding carboxylic acids is 1. The normalized spacial score (nSPS) is 24.7. The predicted octanol–water partition coefficient (Wildman–Crippen LogP) is 2.51. The lowest BCUT2D eigenvalue weighted by Crippen LogP contribution is -2.42. The van der Waals surface area contributed by atoms with Crippen LogP contribution in [0.4, 0.5) is 5.69 Å². The molecule has 6 nitrogen and oxygen atoms in total. The largest absolute Gasteiger partial charge is 0.379 e. The van der Waals surface area contributed by atoms with Crippen LogP contribution < -0.4 is 11.1 Å². The van der Waals surface area contributed by atoms with E-state index in [4.69, 9.17) is 10.5 Å². The molecule has 2 unspecified atom stereocenters. The quantitative estimate of drug-likeness (QED) is 0.865. The summed E-state index contributed by atoms with van der Waals surface area (Å²) in [4.78, 5) is 21.1. The van der Waals surface area contributed by atoms with Crippen LogP contribution in [0.25, 0.3) is 0 Å². The molecule has 1 spiro atoms. The molecule has 3 heterocycles. The zero-order chi connectivity index (χ0) is 17.4. The first-order valence-corrected chi connectivity index (χ1v) is 9.02. The smallest absolute Gasteiger partial charge is 0.274 e. The van der Waals surface area contributed by atoms with Crippen molar-refractivity contribution in [3.63, 3.8) is 0 Å². The third kappa shape index (κ3) is 2.79. The molecule has 0 saturated carbocycles. The van der Waals surface area contributed by atoms with Gasteiger partial charge in [-0.1, -0.05) is 23.9 Å². The number of thioether (sulfide) groups is 1. The maximum absolute atomic E-state index is 12.4. The number of carbonyl (C=O) groups is 1. The number of ether oxygens (including phenoxy) is 1. The number of nitrogens with two attached hydrogens (primary N) is 1. The molecule has 0 bridgehead atoms. The van der Waals surface area contributed by atoms with Crippen LogP contribution in [0.15, 0.2) is 47.6 Å². The summed E-state index contributed by atoms with van der Waals surface area (Å²) in [6, 6.07) is 11.1. The average Bonchev–Trinajstić information content (AvgIpc) is 3.02. The molecule has 25 heavy (non-hydrogen) atoms. The van der Waals surface area contributed by atoms with Crippen molar-refractivity contribution < 1.29 is 9.53 Å². The molecule has 4 rings (SSSR count). The zero-order valence-corrected chi connectivity index (χ0v) is 14.5. The minimum Gasteiger partial charge on any atom is -0.379 e. The van der Waals surface area contributed by atoms with Crippen LogP contribution in [0.5, 0.6) is 0 Å². The number of fused-ring (bicyclic) bond motifs is 2. The molecule has 0 saturated heterocycles. The van der Waals surface area contributed by atoms with Crippen LogP contribution in [0, 0.1) is 0 Å². The Morgan fingerprint density at radius 2 is 2.28 bits per heavy atom. The van der Waals surface area contributed by atoms with Gasteiger partial charge >= 0.3 is 0 Å². The second-order valence-electron chi connectivity index (χ2n) is 6.16. The van der Waals surface area contributed by atoms with Gasteiger partial charge in [-0.25, -0.2) is 4.99 Å². The summed E-state index contributed by atoms with van der Waals surface area (Å²) < 4.78 is 5.91. The fourth-order valence-corrected chi connectivity index (χ4v) is 4.29. The van der Waals surface area contributed by atoms with Gasteiger partial charge in [-0.15, -0.1) is 0 Å². The fourth-order valence-electron chi connectivity index (χ4n) is 3.24. The van der Waals surface area contributed by atoms with Crippen molar-refractivity contribution in [2.24, 2.45) is 10.7 Å². The Bertz CT molecular complexity index is 855. The molecule has 7 heteroatoms. The van der Waals surface area contributed by atoms with Gasteiger partial charge in [-0.3, -0.25) is 9.78 Å². The van der Waals surface area contributed by atoms with E-state index in [9.17, 15) is 4.79 Å². The molecule has 2 aliphatic heterocycles.